The van der Waals surface area contributed by atoms with Crippen molar-refractivity contribution in [3.05, 3.63) is 65.9 Å². The molecule has 0 aliphatic heterocycles. The van der Waals surface area contributed by atoms with E-state index in [0.29, 0.717) is 46.4 Å². The lowest BCUT2D eigenvalue weighted by Crippen LogP contribution is -2.14. The molecule has 8 nitrogen and oxygen atoms in total. The van der Waals surface area contributed by atoms with Gasteiger partial charge in [0.15, 0.2) is 22.7 Å². The first-order valence-corrected chi connectivity index (χ1v) is 10.0. The number of oxazole rings is 1. The molecule has 0 fully saturated rings. The summed E-state index contributed by atoms with van der Waals surface area (Å²) in [6.07, 6.45) is 1.67. The van der Waals surface area contributed by atoms with E-state index in [4.69, 9.17) is 13.9 Å². The molecule has 4 rings (SSSR count). The quantitative estimate of drug-likeness (QED) is 0.468. The number of aromatic nitrogens is 2. The summed E-state index contributed by atoms with van der Waals surface area (Å²) in [5, 5.41) is 2.97. The Morgan fingerprint density at radius 2 is 1.88 bits per heavy atom. The number of rotatable bonds is 7. The Morgan fingerprint density at radius 1 is 1.06 bits per heavy atom. The highest BCUT2D eigenvalue weighted by Gasteiger charge is 2.15. The van der Waals surface area contributed by atoms with Crippen molar-refractivity contribution in [1.82, 2.24) is 14.9 Å². The third kappa shape index (κ3) is 4.55. The fourth-order valence-corrected chi connectivity index (χ4v) is 3.42. The van der Waals surface area contributed by atoms with Gasteiger partial charge in [-0.2, -0.15) is 4.98 Å². The molecule has 32 heavy (non-hydrogen) atoms. The van der Waals surface area contributed by atoms with Gasteiger partial charge >= 0.3 is 0 Å². The van der Waals surface area contributed by atoms with Crippen LogP contribution in [0.4, 0.5) is 5.69 Å². The normalized spacial score (nSPS) is 11.0. The summed E-state index contributed by atoms with van der Waals surface area (Å²) in [6, 6.07) is 14.4. The SMILES string of the molecule is COc1ccc(C(=O)Nc2cc(CN(C)C)cc(-c3nc4ncccc4o3)c2)cc1OC. The van der Waals surface area contributed by atoms with Gasteiger partial charge in [-0.25, -0.2) is 4.98 Å². The van der Waals surface area contributed by atoms with Crippen molar-refractivity contribution >= 4 is 22.8 Å². The van der Waals surface area contributed by atoms with E-state index >= 15 is 0 Å². The second-order valence-electron chi connectivity index (χ2n) is 7.52. The lowest BCUT2D eigenvalue weighted by molar-refractivity contribution is 0.102. The predicted octanol–water partition coefficient (Wildman–Crippen LogP) is 4.22. The number of carbonyl (C=O) groups is 1. The van der Waals surface area contributed by atoms with Crippen molar-refractivity contribution in [3.8, 4) is 23.0 Å². The third-order valence-corrected chi connectivity index (χ3v) is 4.81. The Hall–Kier alpha value is -3.91. The number of methoxy groups -OCH3 is 2. The van der Waals surface area contributed by atoms with Gasteiger partial charge in [-0.3, -0.25) is 4.79 Å². The molecule has 0 saturated heterocycles. The topological polar surface area (TPSA) is 89.7 Å². The van der Waals surface area contributed by atoms with E-state index in [1.807, 2.05) is 43.3 Å². The maximum absolute atomic E-state index is 12.9. The van der Waals surface area contributed by atoms with Crippen LogP contribution in [0.1, 0.15) is 15.9 Å². The van der Waals surface area contributed by atoms with Gasteiger partial charge in [0.05, 0.1) is 14.2 Å². The highest BCUT2D eigenvalue weighted by atomic mass is 16.5. The summed E-state index contributed by atoms with van der Waals surface area (Å²) in [5.41, 5.74) is 3.99. The molecule has 8 heteroatoms. The summed E-state index contributed by atoms with van der Waals surface area (Å²) >= 11 is 0. The molecule has 164 valence electrons. The minimum atomic E-state index is -0.266. The van der Waals surface area contributed by atoms with E-state index in [2.05, 4.69) is 15.3 Å². The van der Waals surface area contributed by atoms with Gasteiger partial charge in [-0.1, -0.05) is 0 Å². The molecule has 0 bridgehead atoms. The van der Waals surface area contributed by atoms with Crippen molar-refractivity contribution in [2.45, 2.75) is 6.54 Å². The van der Waals surface area contributed by atoms with Crippen LogP contribution >= 0.6 is 0 Å². The van der Waals surface area contributed by atoms with E-state index < -0.39 is 0 Å². The van der Waals surface area contributed by atoms with Gasteiger partial charge in [0.1, 0.15) is 0 Å². The minimum Gasteiger partial charge on any atom is -0.493 e. The molecule has 0 aliphatic rings. The monoisotopic (exact) mass is 432 g/mol. The number of anilines is 1. The molecule has 2 heterocycles. The molecule has 1 N–H and O–H groups in total. The number of nitrogens with zero attached hydrogens (tertiary/aromatic N) is 3. The summed E-state index contributed by atoms with van der Waals surface area (Å²) in [7, 11) is 7.05. The number of ether oxygens (including phenoxy) is 2. The molecule has 0 aliphatic carbocycles. The van der Waals surface area contributed by atoms with Crippen LogP contribution in [-0.4, -0.2) is 49.1 Å². The highest BCUT2D eigenvalue weighted by molar-refractivity contribution is 6.05. The largest absolute Gasteiger partial charge is 0.493 e. The van der Waals surface area contributed by atoms with E-state index in [0.717, 1.165) is 11.1 Å². The number of pyridine rings is 1. The van der Waals surface area contributed by atoms with Crippen LogP contribution < -0.4 is 14.8 Å². The van der Waals surface area contributed by atoms with E-state index in [9.17, 15) is 4.79 Å². The number of hydrogen-bond donors (Lipinski definition) is 1. The average molecular weight is 432 g/mol. The van der Waals surface area contributed by atoms with Gasteiger partial charge in [-0.15, -0.1) is 0 Å². The first-order chi connectivity index (χ1) is 15.5. The molecule has 2 aromatic heterocycles. The van der Waals surface area contributed by atoms with Gasteiger partial charge in [-0.05, 0) is 68.2 Å². The predicted molar refractivity (Wildman–Crippen MR) is 122 cm³/mol. The first-order valence-electron chi connectivity index (χ1n) is 10.0. The van der Waals surface area contributed by atoms with Crippen LogP contribution in [0.25, 0.3) is 22.7 Å². The second kappa shape index (κ2) is 9.07. The lowest BCUT2D eigenvalue weighted by atomic mass is 10.1. The fourth-order valence-electron chi connectivity index (χ4n) is 3.42. The van der Waals surface area contributed by atoms with Gasteiger partial charge in [0.2, 0.25) is 5.89 Å². The van der Waals surface area contributed by atoms with Gasteiger partial charge in [0.25, 0.3) is 5.91 Å². The number of benzene rings is 2. The van der Waals surface area contributed by atoms with Crippen molar-refractivity contribution in [1.29, 1.82) is 0 Å². The molecule has 0 saturated carbocycles. The zero-order valence-electron chi connectivity index (χ0n) is 18.4. The Balaban J connectivity index is 1.68. The van der Waals surface area contributed by atoms with Crippen molar-refractivity contribution in [3.63, 3.8) is 0 Å². The Morgan fingerprint density at radius 3 is 2.59 bits per heavy atom. The molecule has 0 radical (unpaired) electrons. The van der Waals surface area contributed by atoms with Crippen LogP contribution in [-0.2, 0) is 6.54 Å². The molecule has 1 amide bonds. The van der Waals surface area contributed by atoms with E-state index in [1.54, 1.807) is 37.6 Å². The van der Waals surface area contributed by atoms with Crippen molar-refractivity contribution < 1.29 is 18.7 Å². The lowest BCUT2D eigenvalue weighted by Gasteiger charge is -2.14. The number of hydrogen-bond acceptors (Lipinski definition) is 7. The maximum Gasteiger partial charge on any atom is 0.255 e. The van der Waals surface area contributed by atoms with Crippen LogP contribution in [0.15, 0.2) is 59.1 Å². The molecule has 2 aromatic carbocycles. The molecule has 4 aromatic rings. The van der Waals surface area contributed by atoms with Crippen LogP contribution in [0.5, 0.6) is 11.5 Å². The zero-order valence-corrected chi connectivity index (χ0v) is 18.4. The smallest absolute Gasteiger partial charge is 0.255 e. The fraction of sp³-hybridized carbons (Fsp3) is 0.208. The van der Waals surface area contributed by atoms with Crippen LogP contribution in [0.2, 0.25) is 0 Å². The summed E-state index contributed by atoms with van der Waals surface area (Å²) in [6.45, 7) is 0.686. The third-order valence-electron chi connectivity index (χ3n) is 4.81. The Labute approximate surface area is 185 Å². The van der Waals surface area contributed by atoms with Gasteiger partial charge in [0, 0.05) is 29.6 Å². The molecular formula is C24H24N4O4. The van der Waals surface area contributed by atoms with E-state index in [1.165, 1.54) is 7.11 Å². The number of amides is 1. The standard InChI is InChI=1S/C24H24N4O4/c1-28(2)14-15-10-17(24-27-22-20(32-24)6-5-9-25-22)12-18(11-15)26-23(29)16-7-8-19(30-3)21(13-16)31-4/h5-13H,14H2,1-4H3,(H,26,29). The first kappa shape index (κ1) is 21.3. The number of carbonyl (C=O) groups excluding carboxylic acids is 1. The van der Waals surface area contributed by atoms with Crippen molar-refractivity contribution in [2.75, 3.05) is 33.6 Å². The summed E-state index contributed by atoms with van der Waals surface area (Å²) in [4.78, 5) is 23.7. The molecule has 0 unspecified atom stereocenters. The van der Waals surface area contributed by atoms with Crippen LogP contribution in [0.3, 0.4) is 0 Å². The molecule has 0 spiro atoms. The zero-order chi connectivity index (χ0) is 22.7. The number of fused-ring (bicyclic) bond motifs is 1. The Bertz CT molecular complexity index is 1230. The Kier molecular flexibility index (Phi) is 6.04. The van der Waals surface area contributed by atoms with E-state index in [-0.39, 0.29) is 5.91 Å². The highest BCUT2D eigenvalue weighted by Crippen LogP contribution is 2.30. The molecular weight excluding hydrogens is 408 g/mol. The van der Waals surface area contributed by atoms with Crippen molar-refractivity contribution in [2.24, 2.45) is 0 Å². The van der Waals surface area contributed by atoms with Gasteiger partial charge < -0.3 is 24.1 Å². The number of nitrogens with one attached hydrogen (secondary N) is 1. The van der Waals surface area contributed by atoms with Crippen LogP contribution in [0, 0.1) is 0 Å². The summed E-state index contributed by atoms with van der Waals surface area (Å²) in [5.74, 6) is 1.23. The second-order valence-corrected chi connectivity index (χ2v) is 7.52. The molecule has 0 atom stereocenters. The summed E-state index contributed by atoms with van der Waals surface area (Å²) < 4.78 is 16.4. The maximum atomic E-state index is 12.9. The minimum absolute atomic E-state index is 0.266. The average Bonchev–Trinajstić information content (AvgIpc) is 3.22.